The van der Waals surface area contributed by atoms with Crippen LogP contribution in [0.15, 0.2) is 30.8 Å². The monoisotopic (exact) mass is 227 g/mol. The molecule has 90 valence electrons. The first-order chi connectivity index (χ1) is 8.40. The minimum absolute atomic E-state index is 0.644. The minimum Gasteiger partial charge on any atom is -0.293 e. The van der Waals surface area contributed by atoms with Crippen molar-refractivity contribution in [2.75, 3.05) is 6.54 Å². The first kappa shape index (κ1) is 11.0. The third-order valence-electron chi connectivity index (χ3n) is 4.41. The van der Waals surface area contributed by atoms with Gasteiger partial charge in [0.2, 0.25) is 0 Å². The molecule has 2 fully saturated rings. The molecule has 0 aliphatic carbocycles. The fourth-order valence-electron chi connectivity index (χ4n) is 3.63. The van der Waals surface area contributed by atoms with Crippen molar-refractivity contribution in [1.29, 1.82) is 0 Å². The molecule has 1 aromatic rings. The van der Waals surface area contributed by atoms with E-state index in [0.717, 1.165) is 6.04 Å². The molecule has 1 nitrogen and oxygen atoms in total. The lowest BCUT2D eigenvalue weighted by Gasteiger charge is -2.38. The summed E-state index contributed by atoms with van der Waals surface area (Å²) in [4.78, 5) is 2.74. The first-order valence-electron chi connectivity index (χ1n) is 6.87. The van der Waals surface area contributed by atoms with Gasteiger partial charge in [-0.05, 0) is 49.8 Å². The van der Waals surface area contributed by atoms with E-state index in [4.69, 9.17) is 0 Å². The second-order valence-electron chi connectivity index (χ2n) is 5.31. The molecule has 0 N–H and O–H groups in total. The topological polar surface area (TPSA) is 3.24 Å². The summed E-state index contributed by atoms with van der Waals surface area (Å²) in [6, 6.07) is 10.3. The molecule has 1 aromatic carbocycles. The normalized spacial score (nSPS) is 28.9. The lowest BCUT2D eigenvalue weighted by atomic mass is 9.89. The molecule has 0 bridgehead atoms. The maximum atomic E-state index is 3.95. The average molecular weight is 227 g/mol. The van der Waals surface area contributed by atoms with Gasteiger partial charge in [-0.25, -0.2) is 0 Å². The van der Waals surface area contributed by atoms with E-state index in [9.17, 15) is 0 Å². The summed E-state index contributed by atoms with van der Waals surface area (Å²) in [7, 11) is 0. The number of nitrogens with zero attached hydrogens (tertiary/aromatic N) is 1. The highest BCUT2D eigenvalue weighted by atomic mass is 15.2. The van der Waals surface area contributed by atoms with E-state index >= 15 is 0 Å². The Morgan fingerprint density at radius 1 is 1.12 bits per heavy atom. The number of hydrogen-bond donors (Lipinski definition) is 0. The summed E-state index contributed by atoms with van der Waals surface area (Å²) in [6.07, 6.45) is 8.92. The molecule has 0 saturated carbocycles. The number of piperidine rings is 1. The summed E-state index contributed by atoms with van der Waals surface area (Å²) in [5.41, 5.74) is 2.82. The standard InChI is InChI=1S/C16H21N/c1-2-13-7-3-4-10-15(13)16-11-5-8-14-9-6-12-17(14)16/h2-4,7,10,14,16H,1,5-6,8-9,11-12H2. The third kappa shape index (κ3) is 1.93. The highest BCUT2D eigenvalue weighted by molar-refractivity contribution is 5.52. The maximum Gasteiger partial charge on any atom is 0.0356 e. The molecule has 0 amide bonds. The molecule has 0 radical (unpaired) electrons. The molecule has 3 rings (SSSR count). The van der Waals surface area contributed by atoms with E-state index in [2.05, 4.69) is 35.7 Å². The molecule has 2 aliphatic heterocycles. The van der Waals surface area contributed by atoms with Crippen molar-refractivity contribution in [2.24, 2.45) is 0 Å². The summed E-state index contributed by atoms with van der Waals surface area (Å²) in [5, 5.41) is 0. The summed E-state index contributed by atoms with van der Waals surface area (Å²) in [6.45, 7) is 5.25. The van der Waals surface area contributed by atoms with Gasteiger partial charge in [0, 0.05) is 12.1 Å². The summed E-state index contributed by atoms with van der Waals surface area (Å²) >= 11 is 0. The molecule has 0 aromatic heterocycles. The lowest BCUT2D eigenvalue weighted by Crippen LogP contribution is -2.37. The molecular weight excluding hydrogens is 206 g/mol. The molecule has 17 heavy (non-hydrogen) atoms. The number of fused-ring (bicyclic) bond motifs is 1. The fourth-order valence-corrected chi connectivity index (χ4v) is 3.63. The first-order valence-corrected chi connectivity index (χ1v) is 6.87. The van der Waals surface area contributed by atoms with Crippen molar-refractivity contribution in [1.82, 2.24) is 4.90 Å². The van der Waals surface area contributed by atoms with Gasteiger partial charge in [0.05, 0.1) is 0 Å². The van der Waals surface area contributed by atoms with Crippen LogP contribution in [0.4, 0.5) is 0 Å². The van der Waals surface area contributed by atoms with E-state index in [1.807, 2.05) is 6.08 Å². The van der Waals surface area contributed by atoms with E-state index in [1.54, 1.807) is 0 Å². The van der Waals surface area contributed by atoms with Crippen molar-refractivity contribution in [3.8, 4) is 0 Å². The van der Waals surface area contributed by atoms with Crippen LogP contribution in [0.25, 0.3) is 6.08 Å². The van der Waals surface area contributed by atoms with Crippen LogP contribution in [0.5, 0.6) is 0 Å². The van der Waals surface area contributed by atoms with Crippen LogP contribution >= 0.6 is 0 Å². The Hall–Kier alpha value is -1.08. The summed E-state index contributed by atoms with van der Waals surface area (Å²) in [5.74, 6) is 0. The van der Waals surface area contributed by atoms with Crippen LogP contribution in [0.2, 0.25) is 0 Å². The van der Waals surface area contributed by atoms with Crippen LogP contribution in [-0.4, -0.2) is 17.5 Å². The SMILES string of the molecule is C=Cc1ccccc1C1CCCC2CCCN21. The molecule has 0 spiro atoms. The Morgan fingerprint density at radius 3 is 2.82 bits per heavy atom. The van der Waals surface area contributed by atoms with E-state index in [1.165, 1.54) is 49.8 Å². The lowest BCUT2D eigenvalue weighted by molar-refractivity contribution is 0.123. The Bertz CT molecular complexity index is 410. The van der Waals surface area contributed by atoms with Crippen molar-refractivity contribution in [2.45, 2.75) is 44.2 Å². The second-order valence-corrected chi connectivity index (χ2v) is 5.31. The summed E-state index contributed by atoms with van der Waals surface area (Å²) < 4.78 is 0. The molecule has 2 saturated heterocycles. The largest absolute Gasteiger partial charge is 0.293 e. The Balaban J connectivity index is 1.94. The average Bonchev–Trinajstić information content (AvgIpc) is 2.86. The molecular formula is C16H21N. The predicted molar refractivity (Wildman–Crippen MR) is 72.9 cm³/mol. The predicted octanol–water partition coefficient (Wildman–Crippen LogP) is 4.02. The highest BCUT2D eigenvalue weighted by Gasteiger charge is 2.34. The Kier molecular flexibility index (Phi) is 3.02. The van der Waals surface area contributed by atoms with Crippen LogP contribution < -0.4 is 0 Å². The zero-order valence-corrected chi connectivity index (χ0v) is 10.4. The Labute approximate surface area is 104 Å². The van der Waals surface area contributed by atoms with Gasteiger partial charge >= 0.3 is 0 Å². The quantitative estimate of drug-likeness (QED) is 0.737. The van der Waals surface area contributed by atoms with Gasteiger partial charge in [-0.15, -0.1) is 0 Å². The van der Waals surface area contributed by atoms with E-state index in [0.29, 0.717) is 6.04 Å². The highest BCUT2D eigenvalue weighted by Crippen LogP contribution is 2.40. The second kappa shape index (κ2) is 4.66. The van der Waals surface area contributed by atoms with E-state index < -0.39 is 0 Å². The number of benzene rings is 1. The van der Waals surface area contributed by atoms with Crippen molar-refractivity contribution in [3.63, 3.8) is 0 Å². The number of hydrogen-bond acceptors (Lipinski definition) is 1. The van der Waals surface area contributed by atoms with Gasteiger partial charge in [0.25, 0.3) is 0 Å². The van der Waals surface area contributed by atoms with Crippen molar-refractivity contribution < 1.29 is 0 Å². The van der Waals surface area contributed by atoms with Gasteiger partial charge in [0.15, 0.2) is 0 Å². The maximum absolute atomic E-state index is 3.95. The van der Waals surface area contributed by atoms with Gasteiger partial charge in [0.1, 0.15) is 0 Å². The van der Waals surface area contributed by atoms with Gasteiger partial charge < -0.3 is 0 Å². The molecule has 2 heterocycles. The van der Waals surface area contributed by atoms with Crippen LogP contribution in [0, 0.1) is 0 Å². The van der Waals surface area contributed by atoms with Gasteiger partial charge in [-0.3, -0.25) is 4.90 Å². The molecule has 1 heteroatoms. The smallest absolute Gasteiger partial charge is 0.0356 e. The zero-order chi connectivity index (χ0) is 11.7. The number of rotatable bonds is 2. The van der Waals surface area contributed by atoms with Gasteiger partial charge in [-0.1, -0.05) is 36.9 Å². The van der Waals surface area contributed by atoms with Crippen molar-refractivity contribution in [3.05, 3.63) is 42.0 Å². The molecule has 2 atom stereocenters. The molecule has 2 unspecified atom stereocenters. The Morgan fingerprint density at radius 2 is 1.94 bits per heavy atom. The van der Waals surface area contributed by atoms with E-state index in [-0.39, 0.29) is 0 Å². The zero-order valence-electron chi connectivity index (χ0n) is 10.4. The minimum atomic E-state index is 0.644. The van der Waals surface area contributed by atoms with Crippen LogP contribution in [-0.2, 0) is 0 Å². The van der Waals surface area contributed by atoms with Crippen LogP contribution in [0.1, 0.15) is 49.3 Å². The molecule has 2 aliphatic rings. The van der Waals surface area contributed by atoms with Gasteiger partial charge in [-0.2, -0.15) is 0 Å². The van der Waals surface area contributed by atoms with Crippen LogP contribution in [0.3, 0.4) is 0 Å². The fraction of sp³-hybridized carbons (Fsp3) is 0.500. The van der Waals surface area contributed by atoms with Crippen molar-refractivity contribution >= 4 is 6.08 Å². The third-order valence-corrected chi connectivity index (χ3v) is 4.41.